The van der Waals surface area contributed by atoms with Gasteiger partial charge in [-0.15, -0.1) is 5.10 Å². The van der Waals surface area contributed by atoms with E-state index in [0.717, 1.165) is 28.1 Å². The average molecular weight is 534 g/mol. The van der Waals surface area contributed by atoms with E-state index in [1.807, 2.05) is 66.9 Å². The molecule has 1 fully saturated rings. The third-order valence-corrected chi connectivity index (χ3v) is 7.30. The van der Waals surface area contributed by atoms with Crippen LogP contribution in [0.15, 0.2) is 106 Å². The van der Waals surface area contributed by atoms with Gasteiger partial charge in [-0.1, -0.05) is 84.2 Å². The number of halogens is 2. The molecule has 0 aliphatic carbocycles. The summed E-state index contributed by atoms with van der Waals surface area (Å²) >= 11 is 1.79. The van der Waals surface area contributed by atoms with Gasteiger partial charge in [0.2, 0.25) is 5.91 Å². The highest BCUT2D eigenvalue weighted by molar-refractivity contribution is 8.15. The van der Waals surface area contributed by atoms with Crippen molar-refractivity contribution in [1.29, 1.82) is 0 Å². The summed E-state index contributed by atoms with van der Waals surface area (Å²) in [4.78, 5) is 12.9. The number of carbonyl (C=O) groups excluding carboxylic acids is 1. The Kier molecular flexibility index (Phi) is 7.76. The molecule has 1 aromatic heterocycles. The van der Waals surface area contributed by atoms with Crippen molar-refractivity contribution in [3.63, 3.8) is 0 Å². The number of nitrogens with zero attached hydrogens (tertiary/aromatic N) is 4. The third kappa shape index (κ3) is 6.33. The van der Waals surface area contributed by atoms with E-state index in [9.17, 15) is 13.6 Å². The normalized spacial score (nSPS) is 16.7. The van der Waals surface area contributed by atoms with Gasteiger partial charge in [-0.25, -0.2) is 4.68 Å². The number of para-hydroxylation sites is 1. The highest BCUT2D eigenvalue weighted by Gasteiger charge is 2.30. The number of carbonyl (C=O) groups is 1. The summed E-state index contributed by atoms with van der Waals surface area (Å²) in [5, 5.41) is 16.0. The van der Waals surface area contributed by atoms with Gasteiger partial charge in [0.1, 0.15) is 5.69 Å². The number of nitrogens with one attached hydrogen (secondary N) is 1. The molecule has 186 valence electrons. The first-order valence-corrected chi connectivity index (χ1v) is 13.1. The molecule has 1 saturated heterocycles. The number of aromatic nitrogens is 2. The maximum atomic E-state index is 12.5. The van der Waals surface area contributed by atoms with Crippen LogP contribution in [0.1, 0.15) is 11.1 Å². The van der Waals surface area contributed by atoms with Gasteiger partial charge in [-0.3, -0.25) is 4.79 Å². The van der Waals surface area contributed by atoms with Crippen molar-refractivity contribution in [1.82, 2.24) is 15.1 Å². The summed E-state index contributed by atoms with van der Waals surface area (Å²) in [6.07, 6.45) is 3.97. The fourth-order valence-corrected chi connectivity index (χ4v) is 5.23. The highest BCUT2D eigenvalue weighted by atomic mass is 32.2. The summed E-state index contributed by atoms with van der Waals surface area (Å²) in [6, 6.07) is 26.4. The molecule has 0 bridgehead atoms. The second kappa shape index (κ2) is 11.5. The molecule has 0 radical (unpaired) electrons. The number of hydrogen-bond acceptors (Lipinski definition) is 6. The Bertz CT molecular complexity index is 1420. The molecule has 1 N–H and O–H groups in total. The second-order valence-electron chi connectivity index (χ2n) is 8.05. The lowest BCUT2D eigenvalue weighted by molar-refractivity contribution is -0.118. The maximum absolute atomic E-state index is 12.5. The van der Waals surface area contributed by atoms with Gasteiger partial charge in [-0.2, -0.15) is 19.0 Å². The lowest BCUT2D eigenvalue weighted by Gasteiger charge is -2.06. The standard InChI is InChI=1S/C27H21F2N5OS2/c28-26(29)36-22-13-11-18(12-14-22)15-23-25(35)31-27(37-23)32-30-16-20-17-34(21-9-5-2-6-10-21)33-24(20)19-7-3-1-4-8-19/h1-14,16-17,23,26H,15H2,(H,31,32,35)/b30-16+. The predicted molar refractivity (Wildman–Crippen MR) is 146 cm³/mol. The van der Waals surface area contributed by atoms with E-state index >= 15 is 0 Å². The fraction of sp³-hybridized carbons (Fsp3) is 0.111. The predicted octanol–water partition coefficient (Wildman–Crippen LogP) is 6.02. The van der Waals surface area contributed by atoms with Gasteiger partial charge in [0.05, 0.1) is 17.2 Å². The van der Waals surface area contributed by atoms with E-state index in [0.29, 0.717) is 28.2 Å². The van der Waals surface area contributed by atoms with Crippen molar-refractivity contribution in [2.45, 2.75) is 22.3 Å². The van der Waals surface area contributed by atoms with Crippen molar-refractivity contribution >= 4 is 40.8 Å². The van der Waals surface area contributed by atoms with Crippen molar-refractivity contribution < 1.29 is 13.6 Å². The van der Waals surface area contributed by atoms with E-state index in [4.69, 9.17) is 5.10 Å². The quantitative estimate of drug-likeness (QED) is 0.171. The van der Waals surface area contributed by atoms with Gasteiger partial charge in [0, 0.05) is 22.2 Å². The Hall–Kier alpha value is -3.76. The number of amides is 1. The van der Waals surface area contributed by atoms with E-state index in [1.165, 1.54) is 11.8 Å². The van der Waals surface area contributed by atoms with Crippen LogP contribution >= 0.6 is 23.5 Å². The lowest BCUT2D eigenvalue weighted by Crippen LogP contribution is -2.25. The molecule has 10 heteroatoms. The number of alkyl halides is 2. The number of thioether (sulfide) groups is 2. The minimum Gasteiger partial charge on any atom is -0.303 e. The number of benzene rings is 3. The largest absolute Gasteiger partial charge is 0.303 e. The maximum Gasteiger partial charge on any atom is 0.288 e. The van der Waals surface area contributed by atoms with Gasteiger partial charge >= 0.3 is 0 Å². The van der Waals surface area contributed by atoms with E-state index in [1.54, 1.807) is 35.2 Å². The SMILES string of the molecule is O=C1N/C(=N\N=C\c2cn(-c3ccccc3)nc2-c2ccccc2)SC1Cc1ccc(SC(F)F)cc1. The molecule has 6 nitrogen and oxygen atoms in total. The number of rotatable bonds is 8. The monoisotopic (exact) mass is 533 g/mol. The molecule has 1 atom stereocenters. The fourth-order valence-electron chi connectivity index (χ4n) is 3.77. The molecule has 3 aromatic carbocycles. The van der Waals surface area contributed by atoms with E-state index in [2.05, 4.69) is 15.5 Å². The summed E-state index contributed by atoms with van der Waals surface area (Å²) in [7, 11) is 0. The van der Waals surface area contributed by atoms with Gasteiger partial charge in [0.15, 0.2) is 5.17 Å². The van der Waals surface area contributed by atoms with Crippen molar-refractivity contribution in [3.8, 4) is 16.9 Å². The Morgan fingerprint density at radius 2 is 1.73 bits per heavy atom. The van der Waals surface area contributed by atoms with Crippen molar-refractivity contribution in [3.05, 3.63) is 102 Å². The molecular weight excluding hydrogens is 512 g/mol. The van der Waals surface area contributed by atoms with Crippen LogP contribution in [0.4, 0.5) is 8.78 Å². The van der Waals surface area contributed by atoms with Crippen LogP contribution in [0.2, 0.25) is 0 Å². The number of amidine groups is 1. The molecule has 5 rings (SSSR count). The number of hydrogen-bond donors (Lipinski definition) is 1. The first-order valence-electron chi connectivity index (χ1n) is 11.4. The second-order valence-corrected chi connectivity index (χ2v) is 10.3. The zero-order chi connectivity index (χ0) is 25.6. The Labute approximate surface area is 220 Å². The summed E-state index contributed by atoms with van der Waals surface area (Å²) in [5.74, 6) is -2.62. The van der Waals surface area contributed by atoms with Crippen LogP contribution in [0.5, 0.6) is 0 Å². The molecule has 1 unspecified atom stereocenters. The van der Waals surface area contributed by atoms with Gasteiger partial charge in [-0.05, 0) is 36.2 Å². The third-order valence-electron chi connectivity index (χ3n) is 5.50. The average Bonchev–Trinajstić information content (AvgIpc) is 3.49. The topological polar surface area (TPSA) is 71.6 Å². The van der Waals surface area contributed by atoms with Crippen molar-refractivity contribution in [2.75, 3.05) is 0 Å². The first kappa shape index (κ1) is 24.9. The van der Waals surface area contributed by atoms with Crippen LogP contribution in [-0.2, 0) is 11.2 Å². The van der Waals surface area contributed by atoms with Gasteiger partial charge in [0.25, 0.3) is 5.76 Å². The molecule has 4 aromatic rings. The highest BCUT2D eigenvalue weighted by Crippen LogP contribution is 2.28. The Morgan fingerprint density at radius 3 is 2.43 bits per heavy atom. The molecule has 1 aliphatic rings. The summed E-state index contributed by atoms with van der Waals surface area (Å²) < 4.78 is 26.8. The Morgan fingerprint density at radius 1 is 1.03 bits per heavy atom. The van der Waals surface area contributed by atoms with Crippen LogP contribution in [0.25, 0.3) is 16.9 Å². The Balaban J connectivity index is 1.30. The first-order chi connectivity index (χ1) is 18.0. The van der Waals surface area contributed by atoms with Crippen LogP contribution in [-0.4, -0.2) is 38.1 Å². The summed E-state index contributed by atoms with van der Waals surface area (Å²) in [6.45, 7) is 0. The lowest BCUT2D eigenvalue weighted by atomic mass is 10.1. The minimum atomic E-state index is -2.46. The molecule has 0 spiro atoms. The van der Waals surface area contributed by atoms with Crippen LogP contribution in [0, 0.1) is 0 Å². The zero-order valence-electron chi connectivity index (χ0n) is 19.4. The smallest absolute Gasteiger partial charge is 0.288 e. The van der Waals surface area contributed by atoms with Gasteiger partial charge < -0.3 is 5.32 Å². The van der Waals surface area contributed by atoms with Crippen LogP contribution in [0.3, 0.4) is 0 Å². The summed E-state index contributed by atoms with van der Waals surface area (Å²) in [5.41, 5.74) is 4.31. The molecule has 1 aliphatic heterocycles. The molecule has 0 saturated carbocycles. The molecule has 1 amide bonds. The molecular formula is C27H21F2N5OS2. The molecule has 2 heterocycles. The molecule has 37 heavy (non-hydrogen) atoms. The zero-order valence-corrected chi connectivity index (χ0v) is 21.0. The minimum absolute atomic E-state index is 0.160. The van der Waals surface area contributed by atoms with E-state index in [-0.39, 0.29) is 11.2 Å². The van der Waals surface area contributed by atoms with E-state index < -0.39 is 5.76 Å². The van der Waals surface area contributed by atoms with Crippen molar-refractivity contribution in [2.24, 2.45) is 10.2 Å². The van der Waals surface area contributed by atoms with Crippen LogP contribution < -0.4 is 5.32 Å².